The molecule has 0 aliphatic rings. The van der Waals surface area contributed by atoms with E-state index in [2.05, 4.69) is 4.74 Å². The molecule has 14 heavy (non-hydrogen) atoms. The molecule has 0 aliphatic heterocycles. The van der Waals surface area contributed by atoms with Gasteiger partial charge in [-0.15, -0.1) is 0 Å². The Hall–Kier alpha value is -0.270. The molecule has 0 spiro atoms. The van der Waals surface area contributed by atoms with Crippen LogP contribution in [0, 0.1) is 0 Å². The van der Waals surface area contributed by atoms with Gasteiger partial charge in [0.15, 0.2) is 15.8 Å². The van der Waals surface area contributed by atoms with Crippen molar-refractivity contribution in [2.24, 2.45) is 5.73 Å². The van der Waals surface area contributed by atoms with Crippen molar-refractivity contribution in [2.45, 2.75) is 12.5 Å². The number of nitrogens with two attached hydrogens (primary N) is 1. The Bertz CT molecular complexity index is 275. The van der Waals surface area contributed by atoms with Gasteiger partial charge in [0.05, 0.1) is 0 Å². The predicted molar refractivity (Wildman–Crippen MR) is 56.8 cm³/mol. The molecule has 0 aromatic heterocycles. The van der Waals surface area contributed by atoms with Gasteiger partial charge in [0.2, 0.25) is 0 Å². The fraction of sp³-hybridized carbons (Fsp3) is 0.857. The molecule has 0 rings (SSSR count). The SMILES string of the molecule is CSCC[C@H](N)C(=O)OCS(C)(=O)=O. The number of esters is 1. The summed E-state index contributed by atoms with van der Waals surface area (Å²) < 4.78 is 25.8. The molecular weight excluding hydrogens is 226 g/mol. The van der Waals surface area contributed by atoms with Crippen LogP contribution < -0.4 is 5.73 Å². The van der Waals surface area contributed by atoms with Gasteiger partial charge < -0.3 is 10.5 Å². The molecule has 84 valence electrons. The lowest BCUT2D eigenvalue weighted by molar-refractivity contribution is -0.143. The first kappa shape index (κ1) is 13.7. The number of rotatable bonds is 6. The largest absolute Gasteiger partial charge is 0.448 e. The van der Waals surface area contributed by atoms with E-state index >= 15 is 0 Å². The Kier molecular flexibility index (Phi) is 6.14. The standard InChI is InChI=1S/C7H15NO4S2/c1-13-4-3-6(8)7(9)12-5-14(2,10)11/h6H,3-5,8H2,1-2H3/t6-/m0/s1. The third kappa shape index (κ3) is 7.16. The van der Waals surface area contributed by atoms with Gasteiger partial charge in [-0.25, -0.2) is 8.42 Å². The molecule has 0 amide bonds. The van der Waals surface area contributed by atoms with Crippen LogP contribution in [-0.4, -0.2) is 44.6 Å². The van der Waals surface area contributed by atoms with E-state index < -0.39 is 27.8 Å². The van der Waals surface area contributed by atoms with Gasteiger partial charge in [0.1, 0.15) is 6.04 Å². The summed E-state index contributed by atoms with van der Waals surface area (Å²) in [5, 5.41) is 0. The molecule has 0 aliphatic carbocycles. The highest BCUT2D eigenvalue weighted by Gasteiger charge is 2.16. The summed E-state index contributed by atoms with van der Waals surface area (Å²) >= 11 is 1.56. The summed E-state index contributed by atoms with van der Waals surface area (Å²) in [5.41, 5.74) is 5.45. The Balaban J connectivity index is 3.84. The highest BCUT2D eigenvalue weighted by Crippen LogP contribution is 2.00. The summed E-state index contributed by atoms with van der Waals surface area (Å²) in [7, 11) is -3.28. The molecule has 0 radical (unpaired) electrons. The fourth-order valence-corrected chi connectivity index (χ4v) is 1.45. The van der Waals surface area contributed by atoms with Crippen molar-refractivity contribution in [3.05, 3.63) is 0 Å². The highest BCUT2D eigenvalue weighted by atomic mass is 32.2. The molecule has 0 saturated heterocycles. The van der Waals surface area contributed by atoms with Crippen LogP contribution in [0.1, 0.15) is 6.42 Å². The maximum absolute atomic E-state index is 11.1. The molecule has 7 heteroatoms. The van der Waals surface area contributed by atoms with Crippen LogP contribution in [-0.2, 0) is 19.4 Å². The quantitative estimate of drug-likeness (QED) is 0.637. The lowest BCUT2D eigenvalue weighted by Crippen LogP contribution is -2.33. The maximum atomic E-state index is 11.1. The molecule has 0 unspecified atom stereocenters. The van der Waals surface area contributed by atoms with Gasteiger partial charge in [-0.1, -0.05) is 0 Å². The van der Waals surface area contributed by atoms with Crippen LogP contribution in [0.15, 0.2) is 0 Å². The summed E-state index contributed by atoms with van der Waals surface area (Å²) in [6.07, 6.45) is 3.38. The van der Waals surface area contributed by atoms with E-state index in [4.69, 9.17) is 5.73 Å². The number of thioether (sulfide) groups is 1. The predicted octanol–water partition coefficient (Wildman–Crippen LogP) is -0.388. The molecule has 0 heterocycles. The zero-order valence-corrected chi connectivity index (χ0v) is 9.86. The van der Waals surface area contributed by atoms with Gasteiger partial charge in [-0.3, -0.25) is 4.79 Å². The molecule has 0 aromatic rings. The summed E-state index contributed by atoms with van der Waals surface area (Å²) in [6, 6.07) is -0.732. The average Bonchev–Trinajstić information content (AvgIpc) is 2.09. The monoisotopic (exact) mass is 241 g/mol. The zero-order valence-electron chi connectivity index (χ0n) is 8.23. The van der Waals surface area contributed by atoms with Crippen LogP contribution in [0.2, 0.25) is 0 Å². The van der Waals surface area contributed by atoms with Crippen molar-refractivity contribution in [3.8, 4) is 0 Å². The average molecular weight is 241 g/mol. The molecule has 0 fully saturated rings. The number of sulfone groups is 1. The number of carbonyl (C=O) groups excluding carboxylic acids is 1. The number of hydrogen-bond acceptors (Lipinski definition) is 6. The second-order valence-corrected chi connectivity index (χ2v) is 5.97. The minimum atomic E-state index is -3.28. The molecule has 2 N–H and O–H groups in total. The number of ether oxygens (including phenoxy) is 1. The van der Waals surface area contributed by atoms with Crippen molar-refractivity contribution in [1.82, 2.24) is 0 Å². The first-order valence-electron chi connectivity index (χ1n) is 3.95. The van der Waals surface area contributed by atoms with Crippen molar-refractivity contribution in [1.29, 1.82) is 0 Å². The Morgan fingerprint density at radius 2 is 2.14 bits per heavy atom. The smallest absolute Gasteiger partial charge is 0.323 e. The molecule has 1 atom stereocenters. The molecule has 0 aromatic carbocycles. The van der Waals surface area contributed by atoms with Crippen LogP contribution in [0.5, 0.6) is 0 Å². The molecule has 0 saturated carbocycles. The Morgan fingerprint density at radius 3 is 2.57 bits per heavy atom. The molecular formula is C7H15NO4S2. The summed E-state index contributed by atoms with van der Waals surface area (Å²) in [4.78, 5) is 11.1. The topological polar surface area (TPSA) is 86.5 Å². The van der Waals surface area contributed by atoms with E-state index in [1.807, 2.05) is 6.26 Å². The van der Waals surface area contributed by atoms with Crippen molar-refractivity contribution in [3.63, 3.8) is 0 Å². The van der Waals surface area contributed by atoms with Crippen molar-refractivity contribution in [2.75, 3.05) is 24.2 Å². The second-order valence-electron chi connectivity index (χ2n) is 2.89. The minimum Gasteiger partial charge on any atom is -0.448 e. The third-order valence-electron chi connectivity index (χ3n) is 1.35. The lowest BCUT2D eigenvalue weighted by Gasteiger charge is -2.09. The van der Waals surface area contributed by atoms with Crippen LogP contribution in [0.3, 0.4) is 0 Å². The lowest BCUT2D eigenvalue weighted by atomic mass is 10.2. The van der Waals surface area contributed by atoms with Crippen LogP contribution >= 0.6 is 11.8 Å². The fourth-order valence-electron chi connectivity index (χ4n) is 0.635. The van der Waals surface area contributed by atoms with Gasteiger partial charge in [-0.05, 0) is 18.4 Å². The first-order chi connectivity index (χ1) is 6.37. The zero-order chi connectivity index (χ0) is 11.2. The number of carbonyl (C=O) groups is 1. The maximum Gasteiger partial charge on any atom is 0.323 e. The number of hydrogen-bond donors (Lipinski definition) is 1. The van der Waals surface area contributed by atoms with E-state index in [0.717, 1.165) is 12.0 Å². The molecule has 5 nitrogen and oxygen atoms in total. The van der Waals surface area contributed by atoms with Gasteiger partial charge in [0.25, 0.3) is 0 Å². The van der Waals surface area contributed by atoms with E-state index in [9.17, 15) is 13.2 Å². The van der Waals surface area contributed by atoms with E-state index in [1.165, 1.54) is 0 Å². The van der Waals surface area contributed by atoms with Gasteiger partial charge >= 0.3 is 5.97 Å². The van der Waals surface area contributed by atoms with Crippen molar-refractivity contribution < 1.29 is 17.9 Å². The first-order valence-corrected chi connectivity index (χ1v) is 7.41. The van der Waals surface area contributed by atoms with Crippen LogP contribution in [0.25, 0.3) is 0 Å². The second kappa shape index (κ2) is 6.26. The van der Waals surface area contributed by atoms with E-state index in [0.29, 0.717) is 6.42 Å². The highest BCUT2D eigenvalue weighted by molar-refractivity contribution is 7.98. The normalized spacial score (nSPS) is 13.6. The van der Waals surface area contributed by atoms with Gasteiger partial charge in [0, 0.05) is 6.26 Å². The van der Waals surface area contributed by atoms with E-state index in [-0.39, 0.29) is 0 Å². The summed E-state index contributed by atoms with van der Waals surface area (Å²) in [5.74, 6) is -0.516. The Labute approximate surface area is 88.3 Å². The summed E-state index contributed by atoms with van der Waals surface area (Å²) in [6.45, 7) is 0. The Morgan fingerprint density at radius 1 is 1.57 bits per heavy atom. The van der Waals surface area contributed by atoms with Gasteiger partial charge in [-0.2, -0.15) is 11.8 Å². The minimum absolute atomic E-state index is 0.490. The van der Waals surface area contributed by atoms with Crippen molar-refractivity contribution >= 4 is 27.6 Å². The van der Waals surface area contributed by atoms with Crippen LogP contribution in [0.4, 0.5) is 0 Å². The molecule has 0 bridgehead atoms. The van der Waals surface area contributed by atoms with E-state index in [1.54, 1.807) is 11.8 Å². The third-order valence-corrected chi connectivity index (χ3v) is 2.54.